The van der Waals surface area contributed by atoms with Gasteiger partial charge in [0, 0.05) is 6.42 Å². The maximum absolute atomic E-state index is 12.2. The van der Waals surface area contributed by atoms with Crippen LogP contribution in [0.15, 0.2) is 12.1 Å². The fourth-order valence-electron chi connectivity index (χ4n) is 5.37. The highest BCUT2D eigenvalue weighted by atomic mass is 16.5. The fourth-order valence-corrected chi connectivity index (χ4v) is 5.37. The average Bonchev–Trinajstić information content (AvgIpc) is 2.79. The Labute approximate surface area is 183 Å². The number of hydrogen-bond acceptors (Lipinski definition) is 3. The predicted molar refractivity (Wildman–Crippen MR) is 123 cm³/mol. The lowest BCUT2D eigenvalue weighted by atomic mass is 9.78. The van der Waals surface area contributed by atoms with Gasteiger partial charge in [-0.05, 0) is 67.1 Å². The number of phenols is 1. The summed E-state index contributed by atoms with van der Waals surface area (Å²) in [5.41, 5.74) is 3.51. The summed E-state index contributed by atoms with van der Waals surface area (Å²) in [4.78, 5) is 12.2. The standard InChI is InChI=1S/C27H42O3/c1-2-3-4-11-18-30-26(28)17-16-21-19-24(22-12-7-5-8-13-22)27(29)25(20-21)23-14-9-6-10-15-23/h19-20,22-23,29H,2-18H2,1H3. The van der Waals surface area contributed by atoms with Crippen LogP contribution in [0.4, 0.5) is 0 Å². The van der Waals surface area contributed by atoms with Crippen molar-refractivity contribution in [2.24, 2.45) is 0 Å². The van der Waals surface area contributed by atoms with E-state index in [-0.39, 0.29) is 5.97 Å². The molecule has 0 spiro atoms. The van der Waals surface area contributed by atoms with Gasteiger partial charge < -0.3 is 9.84 Å². The summed E-state index contributed by atoms with van der Waals surface area (Å²) in [6.45, 7) is 2.74. The van der Waals surface area contributed by atoms with Crippen LogP contribution >= 0.6 is 0 Å². The number of ether oxygens (including phenoxy) is 1. The van der Waals surface area contributed by atoms with E-state index in [0.29, 0.717) is 37.0 Å². The quantitative estimate of drug-likeness (QED) is 0.318. The van der Waals surface area contributed by atoms with Crippen LogP contribution < -0.4 is 0 Å². The lowest BCUT2D eigenvalue weighted by molar-refractivity contribution is -0.143. The molecular formula is C27H42O3. The molecule has 0 aliphatic heterocycles. The van der Waals surface area contributed by atoms with Gasteiger partial charge in [0.05, 0.1) is 6.61 Å². The monoisotopic (exact) mass is 414 g/mol. The van der Waals surface area contributed by atoms with Crippen LogP contribution in [0.3, 0.4) is 0 Å². The molecule has 0 bridgehead atoms. The normalized spacial score (nSPS) is 18.4. The maximum Gasteiger partial charge on any atom is 0.306 e. The van der Waals surface area contributed by atoms with Gasteiger partial charge in [-0.15, -0.1) is 0 Å². The number of aryl methyl sites for hydroxylation is 1. The van der Waals surface area contributed by atoms with E-state index >= 15 is 0 Å². The molecule has 2 aliphatic rings. The molecule has 3 heteroatoms. The van der Waals surface area contributed by atoms with Crippen molar-refractivity contribution in [3.05, 3.63) is 28.8 Å². The van der Waals surface area contributed by atoms with Crippen LogP contribution in [0.5, 0.6) is 5.75 Å². The predicted octanol–water partition coefficient (Wildman–Crippen LogP) is 7.54. The molecular weight excluding hydrogens is 372 g/mol. The molecule has 168 valence electrons. The van der Waals surface area contributed by atoms with E-state index in [0.717, 1.165) is 24.0 Å². The highest BCUT2D eigenvalue weighted by Crippen LogP contribution is 2.44. The van der Waals surface area contributed by atoms with Crippen LogP contribution in [0.2, 0.25) is 0 Å². The van der Waals surface area contributed by atoms with Crippen molar-refractivity contribution < 1.29 is 14.6 Å². The van der Waals surface area contributed by atoms with E-state index in [1.807, 2.05) is 0 Å². The first-order chi connectivity index (χ1) is 14.7. The van der Waals surface area contributed by atoms with Gasteiger partial charge >= 0.3 is 5.97 Å². The number of unbranched alkanes of at least 4 members (excludes halogenated alkanes) is 3. The zero-order valence-electron chi connectivity index (χ0n) is 19.1. The Balaban J connectivity index is 1.67. The van der Waals surface area contributed by atoms with E-state index in [1.54, 1.807) is 0 Å². The van der Waals surface area contributed by atoms with Gasteiger partial charge in [-0.25, -0.2) is 0 Å². The number of hydrogen-bond donors (Lipinski definition) is 1. The number of rotatable bonds is 10. The number of phenolic OH excluding ortho intramolecular Hbond substituents is 1. The highest BCUT2D eigenvalue weighted by Gasteiger charge is 2.25. The minimum Gasteiger partial charge on any atom is -0.507 e. The van der Waals surface area contributed by atoms with Crippen molar-refractivity contribution in [3.8, 4) is 5.75 Å². The van der Waals surface area contributed by atoms with E-state index in [2.05, 4.69) is 19.1 Å². The summed E-state index contributed by atoms with van der Waals surface area (Å²) in [5.74, 6) is 1.44. The second-order valence-corrected chi connectivity index (χ2v) is 9.57. The van der Waals surface area contributed by atoms with Crippen molar-refractivity contribution in [3.63, 3.8) is 0 Å². The van der Waals surface area contributed by atoms with Gasteiger partial charge in [-0.3, -0.25) is 4.79 Å². The molecule has 2 aliphatic carbocycles. The maximum atomic E-state index is 12.2. The van der Waals surface area contributed by atoms with E-state index in [1.165, 1.54) is 82.6 Å². The molecule has 1 aromatic rings. The van der Waals surface area contributed by atoms with Crippen molar-refractivity contribution in [1.82, 2.24) is 0 Å². The topological polar surface area (TPSA) is 46.5 Å². The van der Waals surface area contributed by atoms with Crippen molar-refractivity contribution in [2.45, 2.75) is 121 Å². The first-order valence-corrected chi connectivity index (χ1v) is 12.7. The molecule has 2 saturated carbocycles. The summed E-state index contributed by atoms with van der Waals surface area (Å²) in [7, 11) is 0. The first kappa shape index (κ1) is 23.2. The van der Waals surface area contributed by atoms with Crippen LogP contribution in [-0.2, 0) is 16.0 Å². The Morgan fingerprint density at radius 1 is 0.900 bits per heavy atom. The number of esters is 1. The zero-order valence-corrected chi connectivity index (χ0v) is 19.1. The second kappa shape index (κ2) is 12.4. The molecule has 0 amide bonds. The third-order valence-electron chi connectivity index (χ3n) is 7.20. The molecule has 0 saturated heterocycles. The van der Waals surface area contributed by atoms with Crippen molar-refractivity contribution >= 4 is 5.97 Å². The first-order valence-electron chi connectivity index (χ1n) is 12.7. The van der Waals surface area contributed by atoms with Gasteiger partial charge in [0.2, 0.25) is 0 Å². The minimum atomic E-state index is -0.0852. The molecule has 2 fully saturated rings. The molecule has 0 unspecified atom stereocenters. The third-order valence-corrected chi connectivity index (χ3v) is 7.20. The smallest absolute Gasteiger partial charge is 0.306 e. The Bertz CT molecular complexity index is 615. The van der Waals surface area contributed by atoms with E-state index in [4.69, 9.17) is 4.74 Å². The highest BCUT2D eigenvalue weighted by molar-refractivity contribution is 5.69. The average molecular weight is 415 g/mol. The van der Waals surface area contributed by atoms with Crippen LogP contribution in [0.1, 0.15) is 132 Å². The largest absolute Gasteiger partial charge is 0.507 e. The van der Waals surface area contributed by atoms with Crippen LogP contribution in [-0.4, -0.2) is 17.7 Å². The number of carbonyl (C=O) groups excluding carboxylic acids is 1. The zero-order chi connectivity index (χ0) is 21.2. The van der Waals surface area contributed by atoms with Crippen molar-refractivity contribution in [1.29, 1.82) is 0 Å². The lowest BCUT2D eigenvalue weighted by Crippen LogP contribution is -2.11. The Kier molecular flexibility index (Phi) is 9.55. The molecule has 3 rings (SSSR count). The fraction of sp³-hybridized carbons (Fsp3) is 0.741. The van der Waals surface area contributed by atoms with Gasteiger partial charge in [0.1, 0.15) is 5.75 Å². The van der Waals surface area contributed by atoms with E-state index in [9.17, 15) is 9.90 Å². The summed E-state index contributed by atoms with van der Waals surface area (Å²) < 4.78 is 5.44. The molecule has 0 aromatic heterocycles. The molecule has 0 radical (unpaired) electrons. The van der Waals surface area contributed by atoms with Crippen molar-refractivity contribution in [2.75, 3.05) is 6.61 Å². The van der Waals surface area contributed by atoms with Gasteiger partial charge in [0.25, 0.3) is 0 Å². The third kappa shape index (κ3) is 6.75. The van der Waals surface area contributed by atoms with Gasteiger partial charge in [-0.2, -0.15) is 0 Å². The number of benzene rings is 1. The Hall–Kier alpha value is -1.51. The minimum absolute atomic E-state index is 0.0852. The summed E-state index contributed by atoms with van der Waals surface area (Å²) in [5, 5.41) is 11.2. The molecule has 0 atom stereocenters. The molecule has 30 heavy (non-hydrogen) atoms. The number of carbonyl (C=O) groups is 1. The SMILES string of the molecule is CCCCCCOC(=O)CCc1cc(C2CCCCC2)c(O)c(C2CCCCC2)c1. The summed E-state index contributed by atoms with van der Waals surface area (Å²) in [6, 6.07) is 4.40. The second-order valence-electron chi connectivity index (χ2n) is 9.57. The Morgan fingerprint density at radius 2 is 1.47 bits per heavy atom. The number of aromatic hydroxyl groups is 1. The van der Waals surface area contributed by atoms with Gasteiger partial charge in [-0.1, -0.05) is 76.8 Å². The Morgan fingerprint density at radius 3 is 2.00 bits per heavy atom. The van der Waals surface area contributed by atoms with Crippen LogP contribution in [0.25, 0.3) is 0 Å². The molecule has 1 N–H and O–H groups in total. The van der Waals surface area contributed by atoms with Gasteiger partial charge in [0.15, 0.2) is 0 Å². The lowest BCUT2D eigenvalue weighted by Gasteiger charge is -2.28. The summed E-state index contributed by atoms with van der Waals surface area (Å²) >= 11 is 0. The molecule has 3 nitrogen and oxygen atoms in total. The van der Waals surface area contributed by atoms with E-state index < -0.39 is 0 Å². The van der Waals surface area contributed by atoms with Crippen LogP contribution in [0, 0.1) is 0 Å². The molecule has 0 heterocycles. The summed E-state index contributed by atoms with van der Waals surface area (Å²) in [6.07, 6.45) is 18.1. The molecule has 1 aromatic carbocycles.